The van der Waals surface area contributed by atoms with Gasteiger partial charge in [0, 0.05) is 18.8 Å². The summed E-state index contributed by atoms with van der Waals surface area (Å²) in [6, 6.07) is 5.25. The van der Waals surface area contributed by atoms with Crippen molar-refractivity contribution in [2.24, 2.45) is 7.05 Å². The highest BCUT2D eigenvalue weighted by molar-refractivity contribution is 5.67. The second kappa shape index (κ2) is 4.69. The summed E-state index contributed by atoms with van der Waals surface area (Å²) in [4.78, 5) is 8.39. The third kappa shape index (κ3) is 1.99. The summed E-state index contributed by atoms with van der Waals surface area (Å²) in [5.41, 5.74) is 7.80. The maximum atomic E-state index is 5.73. The van der Waals surface area contributed by atoms with Gasteiger partial charge in [-0.15, -0.1) is 0 Å². The number of nitrogen functional groups attached to an aromatic ring is 1. The van der Waals surface area contributed by atoms with Crippen molar-refractivity contribution in [1.82, 2.24) is 19.7 Å². The Hall–Kier alpha value is -2.83. The van der Waals surface area contributed by atoms with Gasteiger partial charge in [-0.1, -0.05) is 5.16 Å². The van der Waals surface area contributed by atoms with Gasteiger partial charge in [-0.05, 0) is 12.1 Å². The fraction of sp³-hybridized carbons (Fsp3) is 0.154. The third-order valence-corrected chi connectivity index (χ3v) is 2.93. The molecular weight excluding hydrogens is 258 g/mol. The normalized spacial score (nSPS) is 10.7. The monoisotopic (exact) mass is 271 g/mol. The number of nitrogens with zero attached hydrogens (tertiary/aromatic N) is 4. The summed E-state index contributed by atoms with van der Waals surface area (Å²) in [5.74, 6) is 1.43. The molecule has 2 aromatic heterocycles. The highest BCUT2D eigenvalue weighted by atomic mass is 16.5. The van der Waals surface area contributed by atoms with E-state index in [0.717, 1.165) is 5.69 Å². The first-order chi connectivity index (χ1) is 9.69. The summed E-state index contributed by atoms with van der Waals surface area (Å²) in [6.07, 6.45) is 3.35. The molecule has 0 radical (unpaired) electrons. The molecule has 0 amide bonds. The quantitative estimate of drug-likeness (QED) is 0.729. The fourth-order valence-electron chi connectivity index (χ4n) is 1.89. The molecule has 0 bridgehead atoms. The molecule has 1 aromatic carbocycles. The average molecular weight is 271 g/mol. The van der Waals surface area contributed by atoms with E-state index in [9.17, 15) is 0 Å². The van der Waals surface area contributed by atoms with Gasteiger partial charge >= 0.3 is 0 Å². The molecule has 3 rings (SSSR count). The van der Waals surface area contributed by atoms with Crippen LogP contribution in [0.4, 0.5) is 5.69 Å². The largest absolute Gasteiger partial charge is 0.496 e. The van der Waals surface area contributed by atoms with Crippen LogP contribution in [0.1, 0.15) is 0 Å². The first-order valence-corrected chi connectivity index (χ1v) is 5.93. The van der Waals surface area contributed by atoms with Crippen LogP contribution in [0.3, 0.4) is 0 Å². The molecule has 0 fully saturated rings. The van der Waals surface area contributed by atoms with E-state index >= 15 is 0 Å². The number of nitrogens with two attached hydrogens (primary N) is 1. The predicted molar refractivity (Wildman–Crippen MR) is 72.9 cm³/mol. The lowest BCUT2D eigenvalue weighted by Gasteiger charge is -2.05. The molecule has 0 atom stereocenters. The maximum absolute atomic E-state index is 5.73. The number of benzene rings is 1. The van der Waals surface area contributed by atoms with Crippen molar-refractivity contribution in [3.63, 3.8) is 0 Å². The molecule has 102 valence electrons. The van der Waals surface area contributed by atoms with Crippen LogP contribution < -0.4 is 10.5 Å². The summed E-state index contributed by atoms with van der Waals surface area (Å²) in [5, 5.41) is 3.96. The van der Waals surface area contributed by atoms with Gasteiger partial charge in [0.1, 0.15) is 11.4 Å². The minimum absolute atomic E-state index is 0.373. The minimum atomic E-state index is 0.373. The average Bonchev–Trinajstić information content (AvgIpc) is 3.07. The minimum Gasteiger partial charge on any atom is -0.496 e. The lowest BCUT2D eigenvalue weighted by Crippen LogP contribution is -1.92. The second-order valence-corrected chi connectivity index (χ2v) is 4.27. The first kappa shape index (κ1) is 12.2. The number of hydrogen-bond donors (Lipinski definition) is 1. The molecular formula is C13H13N5O2. The molecule has 0 unspecified atom stereocenters. The van der Waals surface area contributed by atoms with Crippen molar-refractivity contribution < 1.29 is 9.26 Å². The lowest BCUT2D eigenvalue weighted by atomic mass is 10.2. The Morgan fingerprint density at radius 3 is 2.90 bits per heavy atom. The van der Waals surface area contributed by atoms with Gasteiger partial charge in [0.25, 0.3) is 5.89 Å². The van der Waals surface area contributed by atoms with Crippen molar-refractivity contribution in [2.45, 2.75) is 0 Å². The SMILES string of the molecule is COc1cc(N)ccc1-c1nc(-c2cncn2C)no1. The van der Waals surface area contributed by atoms with E-state index in [1.54, 1.807) is 37.8 Å². The fourth-order valence-corrected chi connectivity index (χ4v) is 1.89. The van der Waals surface area contributed by atoms with Gasteiger partial charge in [0.15, 0.2) is 0 Å². The van der Waals surface area contributed by atoms with E-state index in [0.29, 0.717) is 28.7 Å². The number of methoxy groups -OCH3 is 1. The Kier molecular flexibility index (Phi) is 2.86. The number of anilines is 1. The number of rotatable bonds is 3. The topological polar surface area (TPSA) is 92.0 Å². The lowest BCUT2D eigenvalue weighted by molar-refractivity contribution is 0.405. The molecule has 0 saturated heterocycles. The van der Waals surface area contributed by atoms with Gasteiger partial charge in [0.2, 0.25) is 5.82 Å². The zero-order valence-corrected chi connectivity index (χ0v) is 11.1. The predicted octanol–water partition coefficient (Wildman–Crippen LogP) is 1.73. The van der Waals surface area contributed by atoms with Gasteiger partial charge < -0.3 is 19.6 Å². The Bertz CT molecular complexity index is 747. The molecule has 7 nitrogen and oxygen atoms in total. The van der Waals surface area contributed by atoms with Crippen LogP contribution in [-0.2, 0) is 7.05 Å². The summed E-state index contributed by atoms with van der Waals surface area (Å²) in [6.45, 7) is 0. The van der Waals surface area contributed by atoms with Crippen molar-refractivity contribution in [1.29, 1.82) is 0 Å². The maximum Gasteiger partial charge on any atom is 0.262 e. The Balaban J connectivity index is 2.05. The van der Waals surface area contributed by atoms with Crippen LogP contribution in [0.5, 0.6) is 5.75 Å². The summed E-state index contributed by atoms with van der Waals surface area (Å²) >= 11 is 0. The molecule has 2 N–H and O–H groups in total. The molecule has 0 saturated carbocycles. The number of aromatic nitrogens is 4. The van der Waals surface area contributed by atoms with E-state index in [-0.39, 0.29) is 0 Å². The Morgan fingerprint density at radius 1 is 1.35 bits per heavy atom. The molecule has 3 aromatic rings. The zero-order chi connectivity index (χ0) is 14.1. The van der Waals surface area contributed by atoms with Crippen molar-refractivity contribution in [3.8, 4) is 28.7 Å². The molecule has 0 aliphatic rings. The van der Waals surface area contributed by atoms with Crippen LogP contribution in [0.2, 0.25) is 0 Å². The Labute approximate surface area is 115 Å². The Morgan fingerprint density at radius 2 is 2.20 bits per heavy atom. The van der Waals surface area contributed by atoms with Gasteiger partial charge in [-0.2, -0.15) is 4.98 Å². The van der Waals surface area contributed by atoms with Crippen LogP contribution in [0.15, 0.2) is 35.2 Å². The highest BCUT2D eigenvalue weighted by Crippen LogP contribution is 2.31. The standard InChI is InChI=1S/C13H13N5O2/c1-18-7-15-6-10(18)12-16-13(20-17-12)9-4-3-8(14)5-11(9)19-2/h3-7H,14H2,1-2H3. The number of ether oxygens (including phenoxy) is 1. The smallest absolute Gasteiger partial charge is 0.262 e. The van der Waals surface area contributed by atoms with Crippen molar-refractivity contribution >= 4 is 5.69 Å². The van der Waals surface area contributed by atoms with E-state index in [2.05, 4.69) is 15.1 Å². The van der Waals surface area contributed by atoms with Crippen LogP contribution in [0.25, 0.3) is 23.0 Å². The van der Waals surface area contributed by atoms with Crippen LogP contribution >= 0.6 is 0 Å². The highest BCUT2D eigenvalue weighted by Gasteiger charge is 2.16. The number of imidazole rings is 1. The summed E-state index contributed by atoms with van der Waals surface area (Å²) in [7, 11) is 3.43. The van der Waals surface area contributed by atoms with Gasteiger partial charge in [-0.25, -0.2) is 4.98 Å². The first-order valence-electron chi connectivity index (χ1n) is 5.93. The van der Waals surface area contributed by atoms with E-state index in [1.807, 2.05) is 11.6 Å². The molecule has 0 aliphatic heterocycles. The zero-order valence-electron chi connectivity index (χ0n) is 11.1. The molecule has 0 aliphatic carbocycles. The summed E-state index contributed by atoms with van der Waals surface area (Å²) < 4.78 is 12.4. The van der Waals surface area contributed by atoms with Crippen molar-refractivity contribution in [3.05, 3.63) is 30.7 Å². The molecule has 20 heavy (non-hydrogen) atoms. The number of hydrogen-bond acceptors (Lipinski definition) is 6. The van der Waals surface area contributed by atoms with Gasteiger partial charge in [-0.3, -0.25) is 0 Å². The van der Waals surface area contributed by atoms with Gasteiger partial charge in [0.05, 0.1) is 25.2 Å². The van der Waals surface area contributed by atoms with E-state index in [1.165, 1.54) is 0 Å². The second-order valence-electron chi connectivity index (χ2n) is 4.27. The molecule has 0 spiro atoms. The van der Waals surface area contributed by atoms with E-state index in [4.69, 9.17) is 15.0 Å². The van der Waals surface area contributed by atoms with Crippen LogP contribution in [0, 0.1) is 0 Å². The van der Waals surface area contributed by atoms with Crippen LogP contribution in [-0.4, -0.2) is 26.8 Å². The van der Waals surface area contributed by atoms with E-state index < -0.39 is 0 Å². The van der Waals surface area contributed by atoms with Crippen molar-refractivity contribution in [2.75, 3.05) is 12.8 Å². The molecule has 7 heteroatoms. The third-order valence-electron chi connectivity index (χ3n) is 2.93. The number of aryl methyl sites for hydroxylation is 1. The molecule has 2 heterocycles.